The molecule has 25 nitrogen and oxygen atoms in total. The summed E-state index contributed by atoms with van der Waals surface area (Å²) < 4.78 is 30.0. The highest BCUT2D eigenvalue weighted by atomic mass is 35.5. The van der Waals surface area contributed by atoms with Crippen molar-refractivity contribution in [3.63, 3.8) is 0 Å². The fraction of sp³-hybridized carbons (Fsp3) is 0.483. The first kappa shape index (κ1) is 103. The van der Waals surface area contributed by atoms with Crippen LogP contribution in [0.15, 0.2) is 201 Å². The Labute approximate surface area is 843 Å². The fourth-order valence-corrected chi connectivity index (χ4v) is 24.6. The third-order valence-corrected chi connectivity index (χ3v) is 31.4. The van der Waals surface area contributed by atoms with Crippen LogP contribution >= 0.6 is 11.6 Å². The lowest BCUT2D eigenvalue weighted by Crippen LogP contribution is -2.62. The molecule has 0 aliphatic heterocycles. The minimum Gasteiger partial charge on any atom is -0.497 e. The molecule has 9 aliphatic rings. The van der Waals surface area contributed by atoms with Crippen molar-refractivity contribution in [3.8, 4) is 28.6 Å². The van der Waals surface area contributed by atoms with Crippen LogP contribution in [0.25, 0.3) is 60.7 Å². The molecule has 27 heteroatoms. The Balaban J connectivity index is 0.000000139. The number of halogens is 2. The summed E-state index contributed by atoms with van der Waals surface area (Å²) in [5, 5.41) is 12.3. The van der Waals surface area contributed by atoms with Crippen molar-refractivity contribution in [1.82, 2.24) is 74.2 Å². The number of hydrogen-bond donors (Lipinski definition) is 4. The van der Waals surface area contributed by atoms with E-state index in [0.717, 1.165) is 148 Å². The van der Waals surface area contributed by atoms with Gasteiger partial charge >= 0.3 is 18.1 Å². The Morgan fingerprint density at radius 1 is 0.503 bits per heavy atom. The van der Waals surface area contributed by atoms with Gasteiger partial charge in [0.05, 0.1) is 110 Å². The molecule has 4 atom stereocenters. The van der Waals surface area contributed by atoms with Crippen molar-refractivity contribution in [3.05, 3.63) is 274 Å². The molecule has 9 fully saturated rings. The molecule has 0 radical (unpaired) electrons. The third kappa shape index (κ3) is 23.0. The molecule has 8 aromatic carbocycles. The minimum absolute atomic E-state index is 0.00663. The summed E-state index contributed by atoms with van der Waals surface area (Å²) >= 11 is 6.15. The number of nitrogens with one attached hydrogen (secondary N) is 4. The van der Waals surface area contributed by atoms with Gasteiger partial charge in [0, 0.05) is 49.9 Å². The van der Waals surface area contributed by atoms with E-state index in [-0.39, 0.29) is 92.4 Å². The van der Waals surface area contributed by atoms with Gasteiger partial charge in [-0.15, -0.1) is 0 Å². The number of amides is 7. The second-order valence-electron chi connectivity index (χ2n) is 42.4. The van der Waals surface area contributed by atoms with Crippen LogP contribution in [-0.4, -0.2) is 140 Å². The first-order valence-corrected chi connectivity index (χ1v) is 52.6. The molecule has 9 saturated carbocycles. The third-order valence-electron chi connectivity index (χ3n) is 31.1. The number of rotatable bonds is 29. The molecule has 4 unspecified atom stereocenters. The highest BCUT2D eigenvalue weighted by Crippen LogP contribution is 2.57. The molecule has 21 rings (SSSR count). The standard InChI is InChI=1S/C34H44N4O2.C32H35ClFN3O4.C32H40N4O2.C18H24N4O2/c1-5-27-10-6-9-13-30(27)38-31(35-29-12-8-7-11-28(29)32(38)39)23(4)37(15-14-22(2)3)33(40)36-34-19-24-16-25(20-34)18-26(17-24)21-34;1-5-7-8-11-18-36(31(38)24-16-15-22(40-3)20-29(24)41-4)28(6-2)30-35-27-13-10-9-12-23(27)32(39)37(30)21-14-17-26(34)25(33)19-21;1-20(2)19-35(31(38)34-32-16-23-13-24(17-32)15-25(14-23)18-32)22(4)29-33-27-11-7-6-10-26(27)30(37)36(29)28-12-8-5-9-21(28)3;1-12(22(2)18(24)19-13-8-4-3-5-9-13)16-20-15-11-7-6-10-14(15)17(23)21-16/h6-13,22-26H,5,14-21H2,1-4H3,(H,36,40);9-10,12-17,19-20,28H,5-8,11,18H2,1-4H3;5-12,20,22-25H,13-19H2,1-4H3,(H,34,38);6-7,10-13H,3-5,8-9H2,1-2H3,(H,19,24)(H,20,21,23). The van der Waals surface area contributed by atoms with Gasteiger partial charge in [-0.1, -0.05) is 184 Å². The largest absolute Gasteiger partial charge is 0.497 e. The van der Waals surface area contributed by atoms with Crippen LogP contribution in [0.1, 0.15) is 286 Å². The van der Waals surface area contributed by atoms with Crippen LogP contribution in [0.4, 0.5) is 18.8 Å². The molecule has 4 aromatic heterocycles. The Morgan fingerprint density at radius 3 is 1.49 bits per heavy atom. The number of carbonyl (C=O) groups is 4. The number of unbranched alkanes of at least 4 members (excludes halogenated alkanes) is 3. The number of fused-ring (bicyclic) bond motifs is 4. The monoisotopic (exact) mass is 1960 g/mol. The number of urea groups is 3. The van der Waals surface area contributed by atoms with Gasteiger partial charge in [-0.3, -0.25) is 37.7 Å². The predicted molar refractivity (Wildman–Crippen MR) is 566 cm³/mol. The number of nitrogens with zero attached hydrogens (tertiary/aromatic N) is 11. The van der Waals surface area contributed by atoms with Crippen LogP contribution < -0.4 is 47.7 Å². The number of aromatic amines is 1. The zero-order chi connectivity index (χ0) is 101. The molecule has 0 saturated heterocycles. The van der Waals surface area contributed by atoms with Crippen molar-refractivity contribution >= 4 is 79.2 Å². The maximum atomic E-state index is 14.3. The van der Waals surface area contributed by atoms with E-state index in [1.807, 2.05) is 160 Å². The Hall–Kier alpha value is -12.6. The van der Waals surface area contributed by atoms with Crippen molar-refractivity contribution in [2.45, 2.75) is 272 Å². The highest BCUT2D eigenvalue weighted by molar-refractivity contribution is 6.30. The van der Waals surface area contributed by atoms with Crippen LogP contribution in [0.5, 0.6) is 11.5 Å². The number of benzene rings is 8. The maximum absolute atomic E-state index is 14.3. The Bertz CT molecular complexity index is 6780. The zero-order valence-electron chi connectivity index (χ0n) is 85.7. The number of H-pyrrole nitrogens is 1. The summed E-state index contributed by atoms with van der Waals surface area (Å²) in [6.45, 7) is 24.5. The molecular formula is C116H143ClFN15O10. The van der Waals surface area contributed by atoms with Gasteiger partial charge in [0.15, 0.2) is 0 Å². The molecule has 143 heavy (non-hydrogen) atoms. The van der Waals surface area contributed by atoms with E-state index in [4.69, 9.17) is 36.0 Å². The molecule has 12 aromatic rings. The van der Waals surface area contributed by atoms with Gasteiger partial charge in [-0.2, -0.15) is 0 Å². The Morgan fingerprint density at radius 2 is 0.986 bits per heavy atom. The van der Waals surface area contributed by atoms with Crippen LogP contribution in [0.2, 0.25) is 5.02 Å². The second kappa shape index (κ2) is 45.6. The maximum Gasteiger partial charge on any atom is 0.318 e. The minimum atomic E-state index is -0.592. The van der Waals surface area contributed by atoms with E-state index in [0.29, 0.717) is 122 Å². The zero-order valence-corrected chi connectivity index (χ0v) is 86.4. The topological polar surface area (TPSA) is 286 Å². The van der Waals surface area contributed by atoms with Gasteiger partial charge in [0.2, 0.25) is 0 Å². The van der Waals surface area contributed by atoms with E-state index >= 15 is 0 Å². The molecular weight excluding hydrogens is 1820 g/mol. The number of aromatic nitrogens is 8. The summed E-state index contributed by atoms with van der Waals surface area (Å²) in [6, 6.07) is 52.9. The van der Waals surface area contributed by atoms with E-state index < -0.39 is 11.9 Å². The van der Waals surface area contributed by atoms with E-state index in [9.17, 15) is 42.7 Å². The van der Waals surface area contributed by atoms with Gasteiger partial charge in [-0.25, -0.2) is 38.7 Å². The SMILES string of the molecule is CC(c1nc2ccccc2c(=O)[nH]1)N(C)C(=O)NC1CCCCC1.CCCCCCN(C(=O)c1ccc(OC)cc1OC)C(CC)c1nc2ccccc2c(=O)n1-c1ccc(F)c(Cl)c1.CCc1ccccc1-n1c(C(C)N(CCC(C)C)C(=O)NC23CC4CC(CC(C4)C2)C3)nc2ccccc2c1=O.Cc1ccccc1-n1c(C(C)N(CC(C)C)C(=O)NC23CC4CC(CC(C4)C2)C3)nc2ccccc2c1=O. The number of ether oxygens (including phenoxy) is 2. The average molecular weight is 1960 g/mol. The van der Waals surface area contributed by atoms with Crippen LogP contribution in [0.3, 0.4) is 0 Å². The van der Waals surface area contributed by atoms with Gasteiger partial charge in [0.25, 0.3) is 28.1 Å². The average Bonchev–Trinajstić information content (AvgIpc) is 0.731. The number of para-hydroxylation sites is 6. The van der Waals surface area contributed by atoms with Gasteiger partial charge < -0.3 is 50.0 Å². The van der Waals surface area contributed by atoms with E-state index in [1.165, 1.54) is 87.7 Å². The summed E-state index contributed by atoms with van der Waals surface area (Å²) in [4.78, 5) is 139. The predicted octanol–water partition coefficient (Wildman–Crippen LogP) is 23.8. The molecule has 4 N–H and O–H groups in total. The van der Waals surface area contributed by atoms with Crippen LogP contribution in [-0.2, 0) is 6.42 Å². The van der Waals surface area contributed by atoms with Crippen molar-refractivity contribution in [2.24, 2.45) is 47.3 Å². The van der Waals surface area contributed by atoms with Crippen molar-refractivity contribution < 1.29 is 33.0 Å². The van der Waals surface area contributed by atoms with E-state index in [2.05, 4.69) is 73.5 Å². The second-order valence-corrected chi connectivity index (χ2v) is 42.8. The molecule has 7 amide bonds. The highest BCUT2D eigenvalue weighted by Gasteiger charge is 2.54. The van der Waals surface area contributed by atoms with E-state index in [1.54, 1.807) is 75.6 Å². The lowest BCUT2D eigenvalue weighted by atomic mass is 9.53. The number of aryl methyl sites for hydroxylation is 2. The van der Waals surface area contributed by atoms with Gasteiger partial charge in [0.1, 0.15) is 40.6 Å². The Kier molecular flexibility index (Phi) is 32.9. The molecule has 4 heterocycles. The number of hydrogen-bond acceptors (Lipinski definition) is 14. The number of carbonyl (C=O) groups excluding carboxylic acids is 4. The first-order valence-electron chi connectivity index (χ1n) is 52.3. The summed E-state index contributed by atoms with van der Waals surface area (Å²) in [6.07, 6.45) is 26.3. The first-order chi connectivity index (χ1) is 68.9. The smallest absolute Gasteiger partial charge is 0.318 e. The number of methoxy groups -OCH3 is 2. The summed E-state index contributed by atoms with van der Waals surface area (Å²) in [5.74, 6) is 7.46. The molecule has 8 bridgehead atoms. The van der Waals surface area contributed by atoms with Crippen LogP contribution in [0, 0.1) is 60.1 Å². The molecule has 756 valence electrons. The quantitative estimate of drug-likeness (QED) is 0.0317. The van der Waals surface area contributed by atoms with Gasteiger partial charge in [-0.05, 0) is 293 Å². The molecule has 9 aliphatic carbocycles. The van der Waals surface area contributed by atoms with Crippen molar-refractivity contribution in [2.75, 3.05) is 40.9 Å². The summed E-state index contributed by atoms with van der Waals surface area (Å²) in [7, 11) is 4.79. The summed E-state index contributed by atoms with van der Waals surface area (Å²) in [5.41, 5.74) is 6.13. The lowest BCUT2D eigenvalue weighted by molar-refractivity contribution is -0.0169. The normalized spacial score (nSPS) is 20.5. The molecule has 0 spiro atoms. The van der Waals surface area contributed by atoms with Crippen molar-refractivity contribution in [1.29, 1.82) is 0 Å². The lowest BCUT2D eigenvalue weighted by Gasteiger charge is -2.57. The fourth-order valence-electron chi connectivity index (χ4n) is 24.5.